The molecule has 0 atom stereocenters. The Morgan fingerprint density at radius 2 is 1.91 bits per heavy atom. The van der Waals surface area contributed by atoms with Crippen LogP contribution in [0.15, 0.2) is 38.0 Å². The second-order valence-corrected chi connectivity index (χ2v) is 4.66. The molecule has 0 aliphatic carbocycles. The van der Waals surface area contributed by atoms with Gasteiger partial charge in [0, 0.05) is 12.5 Å². The van der Waals surface area contributed by atoms with Crippen LogP contribution in [0.1, 0.15) is 17.3 Å². The van der Waals surface area contributed by atoms with E-state index < -0.39 is 17.8 Å². The lowest BCUT2D eigenvalue weighted by atomic mass is 10.1. The van der Waals surface area contributed by atoms with Gasteiger partial charge in [0.05, 0.1) is 6.54 Å². The quantitative estimate of drug-likeness (QED) is 0.734. The Morgan fingerprint density at radius 3 is 2.43 bits per heavy atom. The maximum Gasteiger partial charge on any atom is 0.471 e. The lowest BCUT2D eigenvalue weighted by Gasteiger charge is -2.01. The van der Waals surface area contributed by atoms with Crippen molar-refractivity contribution in [1.82, 2.24) is 19.9 Å². The Labute approximate surface area is 126 Å². The average Bonchev–Trinajstić information content (AvgIpc) is 3.07. The molecule has 7 nitrogen and oxygen atoms in total. The molecule has 0 saturated heterocycles. The van der Waals surface area contributed by atoms with Crippen molar-refractivity contribution in [2.24, 2.45) is 0 Å². The molecule has 0 spiro atoms. The first-order chi connectivity index (χ1) is 10.8. The van der Waals surface area contributed by atoms with Gasteiger partial charge in [0.1, 0.15) is 0 Å². The minimum atomic E-state index is -4.68. The van der Waals surface area contributed by atoms with E-state index in [1.807, 2.05) is 0 Å². The van der Waals surface area contributed by atoms with Crippen LogP contribution in [-0.4, -0.2) is 19.9 Å². The molecule has 0 amide bonds. The van der Waals surface area contributed by atoms with Crippen LogP contribution in [0.2, 0.25) is 0 Å². The first kappa shape index (κ1) is 15.0. The molecule has 0 bridgehead atoms. The highest BCUT2D eigenvalue weighted by Gasteiger charge is 2.38. The van der Waals surface area contributed by atoms with E-state index in [1.165, 1.54) is 12.1 Å². The standard InChI is InChI=1S/C13H9F3N4O3/c1-7-18-20(12(21)22-7)6-8-2-4-9(5-3-8)10-17-11(23-19-10)13(14,15)16/h2-5H,6H2,1H3. The SMILES string of the molecule is Cc1nn(Cc2ccc(-c3noc(C(F)(F)F)n3)cc2)c(=O)o1. The van der Waals surface area contributed by atoms with Gasteiger partial charge in [-0.3, -0.25) is 0 Å². The topological polar surface area (TPSA) is 87.0 Å². The molecule has 3 rings (SSSR count). The maximum absolute atomic E-state index is 12.4. The van der Waals surface area contributed by atoms with E-state index in [0.29, 0.717) is 11.1 Å². The Balaban J connectivity index is 1.81. The average molecular weight is 326 g/mol. The highest BCUT2D eigenvalue weighted by molar-refractivity contribution is 5.54. The maximum atomic E-state index is 12.4. The highest BCUT2D eigenvalue weighted by atomic mass is 19.4. The van der Waals surface area contributed by atoms with Crippen LogP contribution in [0.5, 0.6) is 0 Å². The number of aromatic nitrogens is 4. The fourth-order valence-electron chi connectivity index (χ4n) is 1.90. The van der Waals surface area contributed by atoms with Crippen molar-refractivity contribution >= 4 is 0 Å². The summed E-state index contributed by atoms with van der Waals surface area (Å²) in [6, 6.07) is 6.29. The number of nitrogens with zero attached hydrogens (tertiary/aromatic N) is 4. The number of aryl methyl sites for hydroxylation is 1. The lowest BCUT2D eigenvalue weighted by molar-refractivity contribution is -0.159. The van der Waals surface area contributed by atoms with Gasteiger partial charge in [-0.15, -0.1) is 5.10 Å². The third-order valence-corrected chi connectivity index (χ3v) is 2.92. The normalized spacial score (nSPS) is 11.8. The van der Waals surface area contributed by atoms with Gasteiger partial charge < -0.3 is 8.94 Å². The van der Waals surface area contributed by atoms with Crippen LogP contribution in [0.3, 0.4) is 0 Å². The summed E-state index contributed by atoms with van der Waals surface area (Å²) in [5.74, 6) is -1.91. The van der Waals surface area contributed by atoms with Crippen LogP contribution in [-0.2, 0) is 12.7 Å². The number of benzene rings is 1. The molecule has 0 aliphatic heterocycles. The smallest absolute Gasteiger partial charge is 0.393 e. The summed E-state index contributed by atoms with van der Waals surface area (Å²) >= 11 is 0. The summed E-state index contributed by atoms with van der Waals surface area (Å²) in [4.78, 5) is 14.7. The van der Waals surface area contributed by atoms with Gasteiger partial charge in [-0.1, -0.05) is 29.4 Å². The molecule has 3 aromatic rings. The number of hydrogen-bond donors (Lipinski definition) is 0. The van der Waals surface area contributed by atoms with Gasteiger partial charge in [0.25, 0.3) is 0 Å². The van der Waals surface area contributed by atoms with Crippen LogP contribution >= 0.6 is 0 Å². The van der Waals surface area contributed by atoms with E-state index in [-0.39, 0.29) is 18.3 Å². The minimum Gasteiger partial charge on any atom is -0.393 e. The molecule has 2 heterocycles. The zero-order valence-corrected chi connectivity index (χ0v) is 11.7. The molecule has 0 radical (unpaired) electrons. The molecule has 2 aromatic heterocycles. The third kappa shape index (κ3) is 3.15. The van der Waals surface area contributed by atoms with E-state index in [9.17, 15) is 18.0 Å². The second-order valence-electron chi connectivity index (χ2n) is 4.66. The Kier molecular flexibility index (Phi) is 3.51. The Hall–Kier alpha value is -2.91. The molecule has 0 saturated carbocycles. The van der Waals surface area contributed by atoms with Crippen LogP contribution < -0.4 is 5.76 Å². The molecule has 23 heavy (non-hydrogen) atoms. The predicted octanol–water partition coefficient (Wildman–Crippen LogP) is 2.26. The summed E-state index contributed by atoms with van der Waals surface area (Å²) in [6.07, 6.45) is -4.68. The van der Waals surface area contributed by atoms with Crippen molar-refractivity contribution in [2.45, 2.75) is 19.6 Å². The number of alkyl halides is 3. The van der Waals surface area contributed by atoms with Gasteiger partial charge in [-0.05, 0) is 5.56 Å². The number of rotatable bonds is 3. The van der Waals surface area contributed by atoms with Crippen molar-refractivity contribution in [3.8, 4) is 11.4 Å². The summed E-state index contributed by atoms with van der Waals surface area (Å²) in [6.45, 7) is 1.73. The Morgan fingerprint density at radius 1 is 1.22 bits per heavy atom. The zero-order chi connectivity index (χ0) is 16.6. The van der Waals surface area contributed by atoms with E-state index in [4.69, 9.17) is 4.42 Å². The molecule has 10 heteroatoms. The first-order valence-electron chi connectivity index (χ1n) is 6.38. The van der Waals surface area contributed by atoms with E-state index in [2.05, 4.69) is 19.8 Å². The summed E-state index contributed by atoms with van der Waals surface area (Å²) in [5, 5.41) is 7.18. The lowest BCUT2D eigenvalue weighted by Crippen LogP contribution is -2.16. The summed E-state index contributed by atoms with van der Waals surface area (Å²) in [5.41, 5.74) is 1.07. The predicted molar refractivity (Wildman–Crippen MR) is 69.3 cm³/mol. The molecule has 1 aromatic carbocycles. The number of halogens is 3. The van der Waals surface area contributed by atoms with Gasteiger partial charge in [-0.25, -0.2) is 4.79 Å². The highest BCUT2D eigenvalue weighted by Crippen LogP contribution is 2.29. The molecular weight excluding hydrogens is 317 g/mol. The van der Waals surface area contributed by atoms with Gasteiger partial charge in [0.2, 0.25) is 11.7 Å². The molecule has 0 aliphatic rings. The fourth-order valence-corrected chi connectivity index (χ4v) is 1.90. The summed E-state index contributed by atoms with van der Waals surface area (Å²) < 4.78 is 47.3. The molecule has 120 valence electrons. The molecule has 0 fully saturated rings. The van der Waals surface area contributed by atoms with Crippen molar-refractivity contribution in [2.75, 3.05) is 0 Å². The largest absolute Gasteiger partial charge is 0.471 e. The summed E-state index contributed by atoms with van der Waals surface area (Å²) in [7, 11) is 0. The number of hydrogen-bond acceptors (Lipinski definition) is 6. The van der Waals surface area contributed by atoms with Crippen LogP contribution in [0, 0.1) is 6.92 Å². The molecule has 0 unspecified atom stereocenters. The zero-order valence-electron chi connectivity index (χ0n) is 11.7. The van der Waals surface area contributed by atoms with E-state index in [0.717, 1.165) is 4.68 Å². The van der Waals surface area contributed by atoms with Crippen molar-refractivity contribution < 1.29 is 22.1 Å². The molecular formula is C13H9F3N4O3. The van der Waals surface area contributed by atoms with Crippen LogP contribution in [0.25, 0.3) is 11.4 Å². The van der Waals surface area contributed by atoms with E-state index >= 15 is 0 Å². The monoisotopic (exact) mass is 326 g/mol. The third-order valence-electron chi connectivity index (χ3n) is 2.92. The van der Waals surface area contributed by atoms with Crippen molar-refractivity contribution in [1.29, 1.82) is 0 Å². The van der Waals surface area contributed by atoms with Gasteiger partial charge >= 0.3 is 17.8 Å². The van der Waals surface area contributed by atoms with Gasteiger partial charge in [0.15, 0.2) is 0 Å². The Bertz CT molecular complexity index is 877. The van der Waals surface area contributed by atoms with Gasteiger partial charge in [-0.2, -0.15) is 22.8 Å². The first-order valence-corrected chi connectivity index (χ1v) is 6.38. The fraction of sp³-hybridized carbons (Fsp3) is 0.231. The van der Waals surface area contributed by atoms with Crippen molar-refractivity contribution in [3.63, 3.8) is 0 Å². The minimum absolute atomic E-state index is 0.168. The second kappa shape index (κ2) is 5.38. The molecule has 0 N–H and O–H groups in total. The van der Waals surface area contributed by atoms with Crippen LogP contribution in [0.4, 0.5) is 13.2 Å². The van der Waals surface area contributed by atoms with Crippen molar-refractivity contribution in [3.05, 3.63) is 52.2 Å². The van der Waals surface area contributed by atoms with E-state index in [1.54, 1.807) is 19.1 Å².